The highest BCUT2D eigenvalue weighted by atomic mass is 16.5. The van der Waals surface area contributed by atoms with Gasteiger partial charge in [-0.1, -0.05) is 0 Å². The summed E-state index contributed by atoms with van der Waals surface area (Å²) >= 11 is 0. The van der Waals surface area contributed by atoms with Crippen molar-refractivity contribution in [3.05, 3.63) is 30.5 Å². The number of fused-ring (bicyclic) bond motifs is 1. The van der Waals surface area contributed by atoms with Gasteiger partial charge in [0.1, 0.15) is 17.4 Å². The number of ether oxygens (including phenoxy) is 2. The predicted molar refractivity (Wildman–Crippen MR) is 68.1 cm³/mol. The number of nitrogens with zero attached hydrogens (tertiary/aromatic N) is 1. The van der Waals surface area contributed by atoms with E-state index >= 15 is 0 Å². The lowest BCUT2D eigenvalue weighted by Crippen LogP contribution is -2.18. The van der Waals surface area contributed by atoms with Crippen molar-refractivity contribution in [3.8, 4) is 5.75 Å². The fourth-order valence-electron chi connectivity index (χ4n) is 1.75. The first-order chi connectivity index (χ1) is 8.22. The van der Waals surface area contributed by atoms with E-state index in [4.69, 9.17) is 15.2 Å². The summed E-state index contributed by atoms with van der Waals surface area (Å²) in [5.41, 5.74) is 7.39. The first kappa shape index (κ1) is 11.7. The van der Waals surface area contributed by atoms with E-state index in [1.807, 2.05) is 31.2 Å². The van der Waals surface area contributed by atoms with E-state index in [-0.39, 0.29) is 6.10 Å². The smallest absolute Gasteiger partial charge is 0.146 e. The summed E-state index contributed by atoms with van der Waals surface area (Å²) in [6.45, 7) is 2.49. The molecule has 0 amide bonds. The molecule has 1 heterocycles. The lowest BCUT2D eigenvalue weighted by Gasteiger charge is -2.15. The van der Waals surface area contributed by atoms with Crippen molar-refractivity contribution in [2.24, 2.45) is 0 Å². The van der Waals surface area contributed by atoms with Crippen LogP contribution in [0.1, 0.15) is 6.92 Å². The second-order valence-electron chi connectivity index (χ2n) is 3.94. The molecule has 0 aliphatic carbocycles. The lowest BCUT2D eigenvalue weighted by atomic mass is 10.1. The number of nitrogen functional groups attached to an aromatic ring is 1. The van der Waals surface area contributed by atoms with Crippen LogP contribution in [-0.4, -0.2) is 24.8 Å². The van der Waals surface area contributed by atoms with Crippen LogP contribution in [0.25, 0.3) is 10.9 Å². The molecule has 2 aromatic rings. The summed E-state index contributed by atoms with van der Waals surface area (Å²) in [6.07, 6.45) is 1.71. The highest BCUT2D eigenvalue weighted by Gasteiger charge is 2.09. The van der Waals surface area contributed by atoms with Crippen molar-refractivity contribution < 1.29 is 9.47 Å². The predicted octanol–water partition coefficient (Wildman–Crippen LogP) is 2.23. The molecule has 1 aromatic carbocycles. The molecule has 2 N–H and O–H groups in total. The fourth-order valence-corrected chi connectivity index (χ4v) is 1.75. The van der Waals surface area contributed by atoms with Crippen LogP contribution < -0.4 is 10.5 Å². The van der Waals surface area contributed by atoms with E-state index in [2.05, 4.69) is 4.98 Å². The van der Waals surface area contributed by atoms with Gasteiger partial charge in [-0.15, -0.1) is 0 Å². The molecule has 1 aromatic heterocycles. The van der Waals surface area contributed by atoms with Crippen LogP contribution in [0.3, 0.4) is 0 Å². The number of anilines is 1. The number of hydrogen-bond acceptors (Lipinski definition) is 4. The minimum Gasteiger partial charge on any atom is -0.486 e. The molecule has 1 unspecified atom stereocenters. The number of methoxy groups -OCH3 is 1. The van der Waals surface area contributed by atoms with E-state index in [9.17, 15) is 0 Å². The molecule has 0 bridgehead atoms. The number of pyridine rings is 1. The third kappa shape index (κ3) is 2.47. The van der Waals surface area contributed by atoms with Crippen LogP contribution in [0.15, 0.2) is 30.5 Å². The molecule has 4 nitrogen and oxygen atoms in total. The molecular formula is C13H16N2O2. The molecule has 17 heavy (non-hydrogen) atoms. The molecule has 0 saturated carbocycles. The summed E-state index contributed by atoms with van der Waals surface area (Å²) in [5, 5.41) is 0.912. The Hall–Kier alpha value is -1.81. The number of hydrogen-bond donors (Lipinski definition) is 1. The van der Waals surface area contributed by atoms with E-state index in [1.54, 1.807) is 13.3 Å². The minimum atomic E-state index is -0.0196. The normalized spacial score (nSPS) is 12.6. The third-order valence-electron chi connectivity index (χ3n) is 2.50. The lowest BCUT2D eigenvalue weighted by molar-refractivity contribution is 0.0930. The maximum Gasteiger partial charge on any atom is 0.146 e. The van der Waals surface area contributed by atoms with Crippen molar-refractivity contribution in [3.63, 3.8) is 0 Å². The second kappa shape index (κ2) is 5.01. The van der Waals surface area contributed by atoms with Gasteiger partial charge in [0.15, 0.2) is 0 Å². The second-order valence-corrected chi connectivity index (χ2v) is 3.94. The van der Waals surface area contributed by atoms with Crippen LogP contribution in [0.4, 0.5) is 5.69 Å². The van der Waals surface area contributed by atoms with E-state index in [0.29, 0.717) is 12.3 Å². The zero-order valence-corrected chi connectivity index (χ0v) is 10.0. The zero-order valence-electron chi connectivity index (χ0n) is 10.0. The Morgan fingerprint density at radius 2 is 2.18 bits per heavy atom. The van der Waals surface area contributed by atoms with Crippen LogP contribution in [-0.2, 0) is 4.74 Å². The van der Waals surface area contributed by atoms with Gasteiger partial charge in [0.05, 0.1) is 6.61 Å². The molecule has 0 fully saturated rings. The van der Waals surface area contributed by atoms with Crippen LogP contribution in [0.5, 0.6) is 5.75 Å². The Balaban J connectivity index is 2.38. The summed E-state index contributed by atoms with van der Waals surface area (Å²) < 4.78 is 10.8. The summed E-state index contributed by atoms with van der Waals surface area (Å²) in [5.74, 6) is 0.736. The first-order valence-electron chi connectivity index (χ1n) is 5.51. The molecule has 0 aliphatic heterocycles. The number of nitrogens with two attached hydrogens (primary N) is 1. The molecule has 1 atom stereocenters. The standard InChI is InChI=1S/C13H16N2O2/c1-9(8-16-2)17-12-6-5-11(14)10-4-3-7-15-13(10)12/h3-7,9H,8,14H2,1-2H3. The Kier molecular flexibility index (Phi) is 3.44. The Morgan fingerprint density at radius 1 is 1.35 bits per heavy atom. The topological polar surface area (TPSA) is 57.4 Å². The molecule has 90 valence electrons. The van der Waals surface area contributed by atoms with Gasteiger partial charge in [0.25, 0.3) is 0 Å². The average Bonchev–Trinajstić information content (AvgIpc) is 2.34. The quantitative estimate of drug-likeness (QED) is 0.821. The fraction of sp³-hybridized carbons (Fsp3) is 0.308. The van der Waals surface area contributed by atoms with Crippen molar-refractivity contribution >= 4 is 16.6 Å². The molecule has 4 heteroatoms. The maximum atomic E-state index is 5.89. The SMILES string of the molecule is COCC(C)Oc1ccc(N)c2cccnc12. The average molecular weight is 232 g/mol. The summed E-state index contributed by atoms with van der Waals surface area (Å²) in [4.78, 5) is 4.31. The molecule has 0 saturated heterocycles. The van der Waals surface area contributed by atoms with E-state index in [1.165, 1.54) is 0 Å². The van der Waals surface area contributed by atoms with Crippen LogP contribution >= 0.6 is 0 Å². The van der Waals surface area contributed by atoms with Gasteiger partial charge in [-0.25, -0.2) is 0 Å². The van der Waals surface area contributed by atoms with E-state index in [0.717, 1.165) is 16.7 Å². The van der Waals surface area contributed by atoms with Crippen LogP contribution in [0.2, 0.25) is 0 Å². The van der Waals surface area contributed by atoms with Crippen molar-refractivity contribution in [1.29, 1.82) is 0 Å². The van der Waals surface area contributed by atoms with Crippen molar-refractivity contribution in [2.45, 2.75) is 13.0 Å². The van der Waals surface area contributed by atoms with Crippen molar-refractivity contribution in [1.82, 2.24) is 4.98 Å². The first-order valence-corrected chi connectivity index (χ1v) is 5.51. The summed E-state index contributed by atoms with van der Waals surface area (Å²) in [7, 11) is 1.65. The van der Waals surface area contributed by atoms with Gasteiger partial charge in [-0.3, -0.25) is 4.98 Å². The van der Waals surface area contributed by atoms with E-state index < -0.39 is 0 Å². The summed E-state index contributed by atoms with van der Waals surface area (Å²) in [6, 6.07) is 7.47. The zero-order chi connectivity index (χ0) is 12.3. The molecule has 0 aliphatic rings. The van der Waals surface area contributed by atoms with Gasteiger partial charge in [-0.2, -0.15) is 0 Å². The Labute approximate surface area is 100 Å². The monoisotopic (exact) mass is 232 g/mol. The van der Waals surface area contributed by atoms with Crippen LogP contribution in [0, 0.1) is 0 Å². The Morgan fingerprint density at radius 3 is 2.94 bits per heavy atom. The minimum absolute atomic E-state index is 0.0196. The molecule has 2 rings (SSSR count). The maximum absolute atomic E-state index is 5.89. The van der Waals surface area contributed by atoms with Gasteiger partial charge in [0, 0.05) is 24.4 Å². The highest BCUT2D eigenvalue weighted by molar-refractivity contribution is 5.94. The molecular weight excluding hydrogens is 216 g/mol. The Bertz CT molecular complexity index is 514. The van der Waals surface area contributed by atoms with Crippen molar-refractivity contribution in [2.75, 3.05) is 19.5 Å². The number of benzene rings is 1. The van der Waals surface area contributed by atoms with Gasteiger partial charge in [-0.05, 0) is 31.2 Å². The van der Waals surface area contributed by atoms with Gasteiger partial charge >= 0.3 is 0 Å². The largest absolute Gasteiger partial charge is 0.486 e. The van der Waals surface area contributed by atoms with Gasteiger partial charge in [0.2, 0.25) is 0 Å². The number of rotatable bonds is 4. The molecule has 0 spiro atoms. The third-order valence-corrected chi connectivity index (χ3v) is 2.50. The van der Waals surface area contributed by atoms with Gasteiger partial charge < -0.3 is 15.2 Å². The molecule has 0 radical (unpaired) electrons. The number of aromatic nitrogens is 1. The highest BCUT2D eigenvalue weighted by Crippen LogP contribution is 2.28.